The van der Waals surface area contributed by atoms with Gasteiger partial charge in [-0.2, -0.15) is 0 Å². The summed E-state index contributed by atoms with van der Waals surface area (Å²) in [5.74, 6) is -1.18. The number of cyclic esters (lactones) is 1. The number of rotatable bonds is 3. The maximum Gasteiger partial charge on any atom is 0.363 e. The number of nitro benzene ring substituents is 1. The van der Waals surface area contributed by atoms with Crippen LogP contribution in [0.15, 0.2) is 59.2 Å². The monoisotopic (exact) mass is 312 g/mol. The zero-order valence-corrected chi connectivity index (χ0v) is 11.6. The molecule has 0 N–H and O–H groups in total. The minimum atomic E-state index is -0.698. The van der Waals surface area contributed by atoms with E-state index in [0.29, 0.717) is 11.1 Å². The Bertz CT molecular complexity index is 874. The number of benzene rings is 2. The van der Waals surface area contributed by atoms with Gasteiger partial charge in [-0.1, -0.05) is 18.2 Å². The number of nitrogens with zero attached hydrogens (tertiary/aromatic N) is 2. The normalized spacial score (nSPS) is 15.4. The van der Waals surface area contributed by atoms with E-state index in [2.05, 4.69) is 4.99 Å². The molecule has 2 aromatic rings. The molecule has 0 atom stereocenters. The Labute approximate surface area is 129 Å². The number of carbonyl (C=O) groups excluding carboxylic acids is 1. The van der Waals surface area contributed by atoms with Gasteiger partial charge in [0, 0.05) is 17.7 Å². The summed E-state index contributed by atoms with van der Waals surface area (Å²) >= 11 is 0. The van der Waals surface area contributed by atoms with E-state index in [4.69, 9.17) is 4.74 Å². The number of non-ortho nitro benzene ring substituents is 1. The van der Waals surface area contributed by atoms with E-state index in [1.807, 2.05) is 0 Å². The third kappa shape index (κ3) is 3.13. The first-order valence-electron chi connectivity index (χ1n) is 6.56. The van der Waals surface area contributed by atoms with Crippen molar-refractivity contribution in [3.8, 4) is 0 Å². The molecule has 0 spiro atoms. The molecule has 0 aromatic heterocycles. The Morgan fingerprint density at radius 2 is 1.96 bits per heavy atom. The summed E-state index contributed by atoms with van der Waals surface area (Å²) in [6.07, 6.45) is 1.38. The van der Waals surface area contributed by atoms with Crippen LogP contribution in [0.2, 0.25) is 0 Å². The highest BCUT2D eigenvalue weighted by molar-refractivity contribution is 6.12. The molecule has 23 heavy (non-hydrogen) atoms. The molecule has 0 fully saturated rings. The lowest BCUT2D eigenvalue weighted by Crippen LogP contribution is -2.05. The number of nitro groups is 1. The molecule has 1 aliphatic rings. The Kier molecular flexibility index (Phi) is 3.68. The number of hydrogen-bond acceptors (Lipinski definition) is 5. The number of carbonyl (C=O) groups is 1. The maximum atomic E-state index is 13.2. The second-order valence-electron chi connectivity index (χ2n) is 4.70. The van der Waals surface area contributed by atoms with Crippen LogP contribution in [0.1, 0.15) is 11.1 Å². The molecule has 0 aliphatic carbocycles. The number of esters is 1. The summed E-state index contributed by atoms with van der Waals surface area (Å²) in [6, 6.07) is 11.3. The first-order chi connectivity index (χ1) is 11.0. The topological polar surface area (TPSA) is 81.8 Å². The molecule has 7 heteroatoms. The SMILES string of the molecule is O=C1OC(c2cccc(F)c2)=N/C1=C\c1cccc([N+](=O)[O-])c1. The van der Waals surface area contributed by atoms with E-state index in [9.17, 15) is 19.3 Å². The minimum absolute atomic E-state index is 0.00817. The van der Waals surface area contributed by atoms with Gasteiger partial charge in [0.15, 0.2) is 5.70 Å². The highest BCUT2D eigenvalue weighted by atomic mass is 19.1. The molecule has 114 valence electrons. The highest BCUT2D eigenvalue weighted by Crippen LogP contribution is 2.21. The van der Waals surface area contributed by atoms with Crippen molar-refractivity contribution < 1.29 is 18.8 Å². The van der Waals surface area contributed by atoms with Crippen LogP contribution in [0.4, 0.5) is 10.1 Å². The largest absolute Gasteiger partial charge is 0.402 e. The van der Waals surface area contributed by atoms with Crippen LogP contribution in [0.3, 0.4) is 0 Å². The Morgan fingerprint density at radius 1 is 1.17 bits per heavy atom. The van der Waals surface area contributed by atoms with Gasteiger partial charge in [0.05, 0.1) is 4.92 Å². The van der Waals surface area contributed by atoms with Crippen molar-refractivity contribution in [2.45, 2.75) is 0 Å². The number of hydrogen-bond donors (Lipinski definition) is 0. The van der Waals surface area contributed by atoms with E-state index in [1.165, 1.54) is 42.5 Å². The summed E-state index contributed by atoms with van der Waals surface area (Å²) in [7, 11) is 0. The number of halogens is 1. The van der Waals surface area contributed by atoms with Gasteiger partial charge in [0.1, 0.15) is 5.82 Å². The van der Waals surface area contributed by atoms with Crippen molar-refractivity contribution >= 4 is 23.6 Å². The van der Waals surface area contributed by atoms with Crippen LogP contribution in [-0.4, -0.2) is 16.8 Å². The van der Waals surface area contributed by atoms with Gasteiger partial charge in [-0.05, 0) is 29.8 Å². The van der Waals surface area contributed by atoms with Crippen molar-refractivity contribution in [2.24, 2.45) is 4.99 Å². The molecule has 1 heterocycles. The molecular formula is C16H9FN2O4. The fraction of sp³-hybridized carbons (Fsp3) is 0. The smallest absolute Gasteiger partial charge is 0.363 e. The van der Waals surface area contributed by atoms with Crippen LogP contribution in [0.25, 0.3) is 6.08 Å². The molecule has 0 radical (unpaired) electrons. The Morgan fingerprint density at radius 3 is 2.70 bits per heavy atom. The van der Waals surface area contributed by atoms with E-state index in [1.54, 1.807) is 12.1 Å². The summed E-state index contributed by atoms with van der Waals surface area (Å²) in [5.41, 5.74) is 0.668. The second-order valence-corrected chi connectivity index (χ2v) is 4.70. The number of ether oxygens (including phenoxy) is 1. The van der Waals surface area contributed by atoms with Crippen LogP contribution in [-0.2, 0) is 9.53 Å². The predicted octanol–water partition coefficient (Wildman–Crippen LogP) is 3.08. The van der Waals surface area contributed by atoms with Gasteiger partial charge >= 0.3 is 5.97 Å². The molecule has 3 rings (SSSR count). The van der Waals surface area contributed by atoms with Crippen LogP contribution in [0, 0.1) is 15.9 Å². The van der Waals surface area contributed by atoms with Crippen LogP contribution >= 0.6 is 0 Å². The van der Waals surface area contributed by atoms with Gasteiger partial charge in [-0.3, -0.25) is 10.1 Å². The lowest BCUT2D eigenvalue weighted by molar-refractivity contribution is -0.384. The van der Waals surface area contributed by atoms with Crippen molar-refractivity contribution in [1.82, 2.24) is 0 Å². The minimum Gasteiger partial charge on any atom is -0.402 e. The second kappa shape index (κ2) is 5.80. The standard InChI is InChI=1S/C16H9FN2O4/c17-12-5-2-4-11(9-12)15-18-14(16(20)23-15)8-10-3-1-6-13(7-10)19(21)22/h1-9H/b14-8-. The number of aliphatic imine (C=N–C) groups is 1. The molecule has 0 amide bonds. The summed E-state index contributed by atoms with van der Waals surface area (Å²) in [6.45, 7) is 0. The van der Waals surface area contributed by atoms with Crippen LogP contribution in [0.5, 0.6) is 0 Å². The maximum absolute atomic E-state index is 13.2. The van der Waals surface area contributed by atoms with Crippen molar-refractivity contribution in [1.29, 1.82) is 0 Å². The van der Waals surface area contributed by atoms with Gasteiger partial charge in [0.25, 0.3) is 5.69 Å². The molecule has 6 nitrogen and oxygen atoms in total. The molecular weight excluding hydrogens is 303 g/mol. The van der Waals surface area contributed by atoms with Crippen molar-refractivity contribution in [2.75, 3.05) is 0 Å². The van der Waals surface area contributed by atoms with Crippen molar-refractivity contribution in [3.63, 3.8) is 0 Å². The van der Waals surface area contributed by atoms with E-state index in [-0.39, 0.29) is 17.3 Å². The lowest BCUT2D eigenvalue weighted by Gasteiger charge is -1.98. The molecule has 2 aromatic carbocycles. The Hall–Kier alpha value is -3.35. The van der Waals surface area contributed by atoms with E-state index in [0.717, 1.165) is 0 Å². The fourth-order valence-electron chi connectivity index (χ4n) is 2.04. The first kappa shape index (κ1) is 14.6. The van der Waals surface area contributed by atoms with E-state index < -0.39 is 16.7 Å². The van der Waals surface area contributed by atoms with Gasteiger partial charge < -0.3 is 4.74 Å². The summed E-state index contributed by atoms with van der Waals surface area (Å²) < 4.78 is 18.2. The quantitative estimate of drug-likeness (QED) is 0.377. The molecule has 0 bridgehead atoms. The van der Waals surface area contributed by atoms with Crippen LogP contribution < -0.4 is 0 Å². The van der Waals surface area contributed by atoms with Gasteiger partial charge in [-0.15, -0.1) is 0 Å². The third-order valence-corrected chi connectivity index (χ3v) is 3.08. The molecule has 1 aliphatic heterocycles. The first-order valence-corrected chi connectivity index (χ1v) is 6.56. The van der Waals surface area contributed by atoms with Gasteiger partial charge in [0.2, 0.25) is 5.90 Å². The zero-order valence-electron chi connectivity index (χ0n) is 11.6. The highest BCUT2D eigenvalue weighted by Gasteiger charge is 2.24. The third-order valence-electron chi connectivity index (χ3n) is 3.08. The Balaban J connectivity index is 1.95. The van der Waals surface area contributed by atoms with E-state index >= 15 is 0 Å². The van der Waals surface area contributed by atoms with Gasteiger partial charge in [-0.25, -0.2) is 14.2 Å². The molecule has 0 saturated heterocycles. The molecule has 0 unspecified atom stereocenters. The summed E-state index contributed by atoms with van der Waals surface area (Å²) in [5, 5.41) is 10.8. The summed E-state index contributed by atoms with van der Waals surface area (Å²) in [4.78, 5) is 26.1. The lowest BCUT2D eigenvalue weighted by atomic mass is 10.1. The average Bonchev–Trinajstić information content (AvgIpc) is 2.89. The fourth-order valence-corrected chi connectivity index (χ4v) is 2.04. The van der Waals surface area contributed by atoms with Crippen molar-refractivity contribution in [3.05, 3.63) is 81.3 Å². The molecule has 0 saturated carbocycles. The predicted molar refractivity (Wildman–Crippen MR) is 80.1 cm³/mol. The zero-order chi connectivity index (χ0) is 16.4. The average molecular weight is 312 g/mol.